The van der Waals surface area contributed by atoms with Crippen molar-refractivity contribution in [3.63, 3.8) is 0 Å². The fourth-order valence-corrected chi connectivity index (χ4v) is 1.82. The molecule has 0 radical (unpaired) electrons. The summed E-state index contributed by atoms with van der Waals surface area (Å²) in [5.41, 5.74) is 0.567. The van der Waals surface area contributed by atoms with E-state index >= 15 is 0 Å². The Morgan fingerprint density at radius 1 is 1.55 bits per heavy atom. The molecule has 0 bridgehead atoms. The highest BCUT2D eigenvalue weighted by molar-refractivity contribution is 5.01. The minimum Gasteiger partial charge on any atom is -0.314 e. The lowest BCUT2D eigenvalue weighted by atomic mass is 9.98. The molecule has 1 heterocycles. The highest BCUT2D eigenvalue weighted by Gasteiger charge is 2.40. The Kier molecular flexibility index (Phi) is 1.90. The molecule has 0 aromatic rings. The lowest BCUT2D eigenvalue weighted by Crippen LogP contribution is -2.44. The minimum absolute atomic E-state index is 0.567. The zero-order valence-electron chi connectivity index (χ0n) is 7.32. The van der Waals surface area contributed by atoms with E-state index in [1.165, 1.54) is 38.6 Å². The summed E-state index contributed by atoms with van der Waals surface area (Å²) >= 11 is 0. The molecule has 0 amide bonds. The van der Waals surface area contributed by atoms with Crippen molar-refractivity contribution < 1.29 is 0 Å². The van der Waals surface area contributed by atoms with Crippen LogP contribution in [0, 0.1) is 0 Å². The van der Waals surface area contributed by atoms with Gasteiger partial charge >= 0.3 is 0 Å². The van der Waals surface area contributed by atoms with Crippen molar-refractivity contribution >= 4 is 0 Å². The zero-order valence-corrected chi connectivity index (χ0v) is 7.32. The van der Waals surface area contributed by atoms with Crippen LogP contribution in [0.25, 0.3) is 0 Å². The summed E-state index contributed by atoms with van der Waals surface area (Å²) in [6.07, 6.45) is 6.95. The lowest BCUT2D eigenvalue weighted by molar-refractivity contribution is 0.322. The second-order valence-corrected chi connectivity index (χ2v) is 4.01. The Morgan fingerprint density at radius 2 is 2.27 bits per heavy atom. The Labute approximate surface area is 68.7 Å². The smallest absolute Gasteiger partial charge is 0.0180 e. The summed E-state index contributed by atoms with van der Waals surface area (Å²) in [5.74, 6) is 0. The summed E-state index contributed by atoms with van der Waals surface area (Å²) in [6, 6.07) is 0.848. The topological polar surface area (TPSA) is 24.1 Å². The van der Waals surface area contributed by atoms with Gasteiger partial charge in [0.2, 0.25) is 0 Å². The fraction of sp³-hybridized carbons (Fsp3) is 1.00. The van der Waals surface area contributed by atoms with E-state index in [2.05, 4.69) is 17.7 Å². The Hall–Kier alpha value is -0.0800. The van der Waals surface area contributed by atoms with Crippen LogP contribution in [0.4, 0.5) is 0 Å². The highest BCUT2D eigenvalue weighted by Crippen LogP contribution is 2.39. The monoisotopic (exact) mass is 154 g/mol. The maximum absolute atomic E-state index is 3.44. The van der Waals surface area contributed by atoms with E-state index in [4.69, 9.17) is 0 Å². The van der Waals surface area contributed by atoms with Gasteiger partial charge in [-0.2, -0.15) is 0 Å². The van der Waals surface area contributed by atoms with Gasteiger partial charge in [-0.25, -0.2) is 0 Å². The Bertz CT molecular complexity index is 136. The van der Waals surface area contributed by atoms with Crippen LogP contribution in [0.5, 0.6) is 0 Å². The van der Waals surface area contributed by atoms with Crippen LogP contribution in [0.3, 0.4) is 0 Å². The summed E-state index contributed by atoms with van der Waals surface area (Å²) in [7, 11) is 2.10. The normalized spacial score (nSPS) is 33.0. The number of nitrogens with one attached hydrogen (secondary N) is 2. The van der Waals surface area contributed by atoms with Crippen LogP contribution in [-0.2, 0) is 0 Å². The van der Waals surface area contributed by atoms with Crippen molar-refractivity contribution in [1.82, 2.24) is 10.6 Å². The predicted octanol–water partition coefficient (Wildman–Crippen LogP) is 0.880. The molecule has 2 heteroatoms. The molecule has 0 aromatic carbocycles. The van der Waals surface area contributed by atoms with Crippen LogP contribution in [0.15, 0.2) is 0 Å². The van der Waals surface area contributed by atoms with Gasteiger partial charge in [0.1, 0.15) is 0 Å². The third-order valence-corrected chi connectivity index (χ3v) is 3.28. The Balaban J connectivity index is 1.65. The standard InChI is InChI=1S/C9H18N2/c1-10-9(5-6-9)4-2-8-3-7-11-8/h8,10-11H,2-7H2,1H3. The summed E-state index contributed by atoms with van der Waals surface area (Å²) in [6.45, 7) is 1.25. The van der Waals surface area contributed by atoms with Crippen LogP contribution in [0.1, 0.15) is 32.1 Å². The van der Waals surface area contributed by atoms with Gasteiger partial charge in [0.25, 0.3) is 0 Å². The largest absolute Gasteiger partial charge is 0.314 e. The van der Waals surface area contributed by atoms with Crippen LogP contribution in [0.2, 0.25) is 0 Å². The van der Waals surface area contributed by atoms with E-state index in [0.29, 0.717) is 5.54 Å². The zero-order chi connectivity index (χ0) is 7.73. The minimum atomic E-state index is 0.567. The second kappa shape index (κ2) is 2.76. The molecule has 1 saturated heterocycles. The molecule has 1 aliphatic carbocycles. The van der Waals surface area contributed by atoms with E-state index in [-0.39, 0.29) is 0 Å². The van der Waals surface area contributed by atoms with Gasteiger partial charge in [0.05, 0.1) is 0 Å². The van der Waals surface area contributed by atoms with Crippen molar-refractivity contribution in [2.75, 3.05) is 13.6 Å². The second-order valence-electron chi connectivity index (χ2n) is 4.01. The number of rotatable bonds is 4. The number of hydrogen-bond acceptors (Lipinski definition) is 2. The SMILES string of the molecule is CNC1(CCC2CCN2)CC1. The molecule has 1 unspecified atom stereocenters. The quantitative estimate of drug-likeness (QED) is 0.628. The molecule has 2 N–H and O–H groups in total. The predicted molar refractivity (Wildman–Crippen MR) is 46.7 cm³/mol. The average molecular weight is 154 g/mol. The van der Waals surface area contributed by atoms with Crippen molar-refractivity contribution in [2.24, 2.45) is 0 Å². The first-order chi connectivity index (χ1) is 5.35. The summed E-state index contributed by atoms with van der Waals surface area (Å²) < 4.78 is 0. The molecule has 0 aromatic heterocycles. The molecule has 0 spiro atoms. The summed E-state index contributed by atoms with van der Waals surface area (Å²) in [5, 5.41) is 6.87. The molecular formula is C9H18N2. The molecule has 2 fully saturated rings. The fourth-order valence-electron chi connectivity index (χ4n) is 1.82. The molecule has 1 saturated carbocycles. The van der Waals surface area contributed by atoms with E-state index in [9.17, 15) is 0 Å². The van der Waals surface area contributed by atoms with E-state index in [1.54, 1.807) is 0 Å². The van der Waals surface area contributed by atoms with E-state index in [0.717, 1.165) is 6.04 Å². The van der Waals surface area contributed by atoms with Gasteiger partial charge in [0, 0.05) is 11.6 Å². The first-order valence-electron chi connectivity index (χ1n) is 4.77. The van der Waals surface area contributed by atoms with Crippen molar-refractivity contribution in [3.8, 4) is 0 Å². The molecule has 2 aliphatic rings. The van der Waals surface area contributed by atoms with Crippen LogP contribution < -0.4 is 10.6 Å². The van der Waals surface area contributed by atoms with E-state index < -0.39 is 0 Å². The van der Waals surface area contributed by atoms with Gasteiger partial charge in [-0.3, -0.25) is 0 Å². The molecule has 2 nitrogen and oxygen atoms in total. The first kappa shape index (κ1) is 7.56. The maximum atomic E-state index is 3.44. The van der Waals surface area contributed by atoms with Gasteiger partial charge in [-0.15, -0.1) is 0 Å². The molecular weight excluding hydrogens is 136 g/mol. The van der Waals surface area contributed by atoms with Crippen LogP contribution in [-0.4, -0.2) is 25.2 Å². The van der Waals surface area contributed by atoms with Gasteiger partial charge in [-0.05, 0) is 45.7 Å². The molecule has 2 rings (SSSR count). The highest BCUT2D eigenvalue weighted by atomic mass is 15.0. The van der Waals surface area contributed by atoms with Crippen molar-refractivity contribution in [1.29, 1.82) is 0 Å². The molecule has 1 aliphatic heterocycles. The van der Waals surface area contributed by atoms with Gasteiger partial charge in [-0.1, -0.05) is 0 Å². The molecule has 1 atom stereocenters. The molecule has 64 valence electrons. The van der Waals surface area contributed by atoms with Gasteiger partial charge < -0.3 is 10.6 Å². The third-order valence-electron chi connectivity index (χ3n) is 3.28. The Morgan fingerprint density at radius 3 is 2.64 bits per heavy atom. The van der Waals surface area contributed by atoms with Gasteiger partial charge in [0.15, 0.2) is 0 Å². The van der Waals surface area contributed by atoms with Crippen molar-refractivity contribution in [2.45, 2.75) is 43.7 Å². The van der Waals surface area contributed by atoms with Crippen molar-refractivity contribution in [3.05, 3.63) is 0 Å². The molecule has 11 heavy (non-hydrogen) atoms. The number of hydrogen-bond donors (Lipinski definition) is 2. The third kappa shape index (κ3) is 1.57. The average Bonchev–Trinajstić information content (AvgIpc) is 2.66. The maximum Gasteiger partial charge on any atom is 0.0180 e. The first-order valence-corrected chi connectivity index (χ1v) is 4.77. The summed E-state index contributed by atoms with van der Waals surface area (Å²) in [4.78, 5) is 0. The van der Waals surface area contributed by atoms with E-state index in [1.807, 2.05) is 0 Å². The van der Waals surface area contributed by atoms with Crippen LogP contribution >= 0.6 is 0 Å². The lowest BCUT2D eigenvalue weighted by Gasteiger charge is -2.29.